The van der Waals surface area contributed by atoms with Gasteiger partial charge in [-0.2, -0.15) is 0 Å². The summed E-state index contributed by atoms with van der Waals surface area (Å²) >= 11 is 0. The summed E-state index contributed by atoms with van der Waals surface area (Å²) in [6, 6.07) is 12.5. The fourth-order valence-electron chi connectivity index (χ4n) is 2.02. The van der Waals surface area contributed by atoms with E-state index in [1.54, 1.807) is 12.4 Å². The van der Waals surface area contributed by atoms with Crippen molar-refractivity contribution in [3.8, 4) is 0 Å². The number of hydrazine groups is 1. The van der Waals surface area contributed by atoms with Crippen molar-refractivity contribution in [1.82, 2.24) is 9.99 Å². The third kappa shape index (κ3) is 1.77. The molecular formula is C13H13N3. The number of hydrogen-bond acceptors (Lipinski definition) is 3. The lowest BCUT2D eigenvalue weighted by molar-refractivity contribution is 0.347. The van der Waals surface area contributed by atoms with Crippen LogP contribution in [0, 0.1) is 0 Å². The number of anilines is 1. The molecule has 0 fully saturated rings. The van der Waals surface area contributed by atoms with Crippen LogP contribution in [0.1, 0.15) is 11.1 Å². The van der Waals surface area contributed by atoms with Crippen LogP contribution in [0.2, 0.25) is 0 Å². The average molecular weight is 211 g/mol. The smallest absolute Gasteiger partial charge is 0.0520 e. The van der Waals surface area contributed by atoms with E-state index >= 15 is 0 Å². The van der Waals surface area contributed by atoms with Crippen molar-refractivity contribution in [2.45, 2.75) is 13.1 Å². The van der Waals surface area contributed by atoms with Crippen LogP contribution in [0.15, 0.2) is 48.8 Å². The molecule has 1 aromatic carbocycles. The van der Waals surface area contributed by atoms with Crippen molar-refractivity contribution in [2.24, 2.45) is 0 Å². The Bertz CT molecular complexity index is 457. The molecule has 0 bridgehead atoms. The Morgan fingerprint density at radius 1 is 0.938 bits per heavy atom. The Morgan fingerprint density at radius 3 is 2.19 bits per heavy atom. The van der Waals surface area contributed by atoms with Gasteiger partial charge in [0.1, 0.15) is 0 Å². The lowest BCUT2D eigenvalue weighted by atomic mass is 10.1. The van der Waals surface area contributed by atoms with Gasteiger partial charge >= 0.3 is 0 Å². The predicted molar refractivity (Wildman–Crippen MR) is 63.5 cm³/mol. The topological polar surface area (TPSA) is 28.2 Å². The van der Waals surface area contributed by atoms with Crippen molar-refractivity contribution in [2.75, 3.05) is 5.43 Å². The first-order valence-corrected chi connectivity index (χ1v) is 5.40. The van der Waals surface area contributed by atoms with Crippen LogP contribution in [-0.4, -0.2) is 9.99 Å². The molecule has 1 aliphatic rings. The molecule has 1 N–H and O–H groups in total. The van der Waals surface area contributed by atoms with E-state index in [4.69, 9.17) is 0 Å². The first kappa shape index (κ1) is 9.36. The van der Waals surface area contributed by atoms with Crippen LogP contribution in [-0.2, 0) is 13.1 Å². The fraction of sp³-hybridized carbons (Fsp3) is 0.154. The zero-order chi connectivity index (χ0) is 10.8. The van der Waals surface area contributed by atoms with E-state index in [0.29, 0.717) is 0 Å². The lowest BCUT2D eigenvalue weighted by Crippen LogP contribution is -2.23. The average Bonchev–Trinajstić information content (AvgIpc) is 2.72. The molecule has 2 heterocycles. The Hall–Kier alpha value is -1.87. The Balaban J connectivity index is 1.73. The van der Waals surface area contributed by atoms with E-state index in [1.807, 2.05) is 12.1 Å². The summed E-state index contributed by atoms with van der Waals surface area (Å²) in [7, 11) is 0. The van der Waals surface area contributed by atoms with Gasteiger partial charge in [0.25, 0.3) is 0 Å². The molecular weight excluding hydrogens is 198 g/mol. The second-order valence-electron chi connectivity index (χ2n) is 3.97. The minimum Gasteiger partial charge on any atom is -0.318 e. The molecule has 3 heteroatoms. The van der Waals surface area contributed by atoms with Gasteiger partial charge in [-0.15, -0.1) is 0 Å². The van der Waals surface area contributed by atoms with Gasteiger partial charge in [0.05, 0.1) is 5.69 Å². The van der Waals surface area contributed by atoms with Crippen LogP contribution in [0.4, 0.5) is 5.69 Å². The second-order valence-corrected chi connectivity index (χ2v) is 3.97. The minimum atomic E-state index is 0.957. The molecule has 0 aliphatic carbocycles. The van der Waals surface area contributed by atoms with E-state index in [-0.39, 0.29) is 0 Å². The number of nitrogens with one attached hydrogen (secondary N) is 1. The van der Waals surface area contributed by atoms with E-state index in [1.165, 1.54) is 11.1 Å². The first-order chi connectivity index (χ1) is 7.92. The SMILES string of the molecule is c1ccc2c(c1)CN(Nc1ccncc1)C2. The van der Waals surface area contributed by atoms with Gasteiger partial charge in [-0.1, -0.05) is 24.3 Å². The maximum Gasteiger partial charge on any atom is 0.0520 e. The largest absolute Gasteiger partial charge is 0.318 e. The van der Waals surface area contributed by atoms with Crippen LogP contribution in [0.3, 0.4) is 0 Å². The highest BCUT2D eigenvalue weighted by Gasteiger charge is 2.17. The maximum absolute atomic E-state index is 4.00. The van der Waals surface area contributed by atoms with Crippen molar-refractivity contribution in [3.05, 3.63) is 59.9 Å². The lowest BCUT2D eigenvalue weighted by Gasteiger charge is -2.17. The zero-order valence-electron chi connectivity index (χ0n) is 8.93. The van der Waals surface area contributed by atoms with E-state index in [2.05, 4.69) is 39.7 Å². The molecule has 1 aliphatic heterocycles. The van der Waals surface area contributed by atoms with Gasteiger partial charge in [-0.3, -0.25) is 4.98 Å². The van der Waals surface area contributed by atoms with Crippen LogP contribution in [0.5, 0.6) is 0 Å². The van der Waals surface area contributed by atoms with Gasteiger partial charge in [0.2, 0.25) is 0 Å². The highest BCUT2D eigenvalue weighted by molar-refractivity contribution is 5.41. The molecule has 0 unspecified atom stereocenters. The third-order valence-corrected chi connectivity index (χ3v) is 2.81. The number of pyridine rings is 1. The molecule has 2 aromatic rings. The van der Waals surface area contributed by atoms with Gasteiger partial charge in [0, 0.05) is 25.5 Å². The first-order valence-electron chi connectivity index (χ1n) is 5.40. The molecule has 80 valence electrons. The summed E-state index contributed by atoms with van der Waals surface area (Å²) in [5.41, 5.74) is 7.28. The van der Waals surface area contributed by atoms with Crippen molar-refractivity contribution >= 4 is 5.69 Å². The Labute approximate surface area is 94.7 Å². The summed E-state index contributed by atoms with van der Waals surface area (Å²) < 4.78 is 0. The molecule has 0 saturated heterocycles. The second kappa shape index (κ2) is 3.94. The number of rotatable bonds is 2. The van der Waals surface area contributed by atoms with Gasteiger partial charge in [0.15, 0.2) is 0 Å². The normalized spacial score (nSPS) is 14.8. The zero-order valence-corrected chi connectivity index (χ0v) is 8.93. The molecule has 0 amide bonds. The minimum absolute atomic E-state index is 0.957. The molecule has 0 radical (unpaired) electrons. The molecule has 1 aromatic heterocycles. The highest BCUT2D eigenvalue weighted by atomic mass is 15.5. The van der Waals surface area contributed by atoms with Gasteiger partial charge in [-0.25, -0.2) is 5.01 Å². The summed E-state index contributed by atoms with van der Waals surface area (Å²) in [5.74, 6) is 0. The number of fused-ring (bicyclic) bond motifs is 1. The fourth-order valence-corrected chi connectivity index (χ4v) is 2.02. The number of aromatic nitrogens is 1. The Kier molecular flexibility index (Phi) is 2.31. The van der Waals surface area contributed by atoms with Crippen LogP contribution < -0.4 is 5.43 Å². The molecule has 0 spiro atoms. The molecule has 0 saturated carbocycles. The van der Waals surface area contributed by atoms with Crippen molar-refractivity contribution in [3.63, 3.8) is 0 Å². The third-order valence-electron chi connectivity index (χ3n) is 2.81. The van der Waals surface area contributed by atoms with E-state index in [0.717, 1.165) is 18.8 Å². The number of benzene rings is 1. The monoisotopic (exact) mass is 211 g/mol. The standard InChI is InChI=1S/C13H13N3/c1-2-4-12-10-16(9-11(12)3-1)15-13-5-7-14-8-6-13/h1-8H,9-10H2,(H,14,15). The van der Waals surface area contributed by atoms with Crippen LogP contribution in [0.25, 0.3) is 0 Å². The summed E-state index contributed by atoms with van der Waals surface area (Å²) in [6.45, 7) is 1.91. The number of hydrogen-bond donors (Lipinski definition) is 1. The van der Waals surface area contributed by atoms with E-state index in [9.17, 15) is 0 Å². The van der Waals surface area contributed by atoms with Gasteiger partial charge in [-0.05, 0) is 23.3 Å². The molecule has 3 rings (SSSR count). The Morgan fingerprint density at radius 2 is 1.56 bits per heavy atom. The van der Waals surface area contributed by atoms with Crippen molar-refractivity contribution in [1.29, 1.82) is 0 Å². The predicted octanol–water partition coefficient (Wildman–Crippen LogP) is 2.42. The highest BCUT2D eigenvalue weighted by Crippen LogP contribution is 2.22. The van der Waals surface area contributed by atoms with Crippen LogP contribution >= 0.6 is 0 Å². The van der Waals surface area contributed by atoms with E-state index < -0.39 is 0 Å². The molecule has 16 heavy (non-hydrogen) atoms. The molecule has 0 atom stereocenters. The van der Waals surface area contributed by atoms with Gasteiger partial charge < -0.3 is 5.43 Å². The quantitative estimate of drug-likeness (QED) is 0.826. The molecule has 3 nitrogen and oxygen atoms in total. The van der Waals surface area contributed by atoms with Crippen molar-refractivity contribution < 1.29 is 0 Å². The summed E-state index contributed by atoms with van der Waals surface area (Å²) in [6.07, 6.45) is 3.59. The summed E-state index contributed by atoms with van der Waals surface area (Å²) in [4.78, 5) is 4.00. The number of nitrogens with zero attached hydrogens (tertiary/aromatic N) is 2. The maximum atomic E-state index is 4.00. The summed E-state index contributed by atoms with van der Waals surface area (Å²) in [5, 5.41) is 2.21.